The minimum atomic E-state index is 0.0142. The van der Waals surface area contributed by atoms with Gasteiger partial charge in [0, 0.05) is 13.1 Å². The lowest BCUT2D eigenvalue weighted by atomic mass is 9.93. The summed E-state index contributed by atoms with van der Waals surface area (Å²) in [6, 6.07) is 3.88. The van der Waals surface area contributed by atoms with Crippen molar-refractivity contribution in [2.24, 2.45) is 5.92 Å². The van der Waals surface area contributed by atoms with Crippen molar-refractivity contribution < 1.29 is 13.9 Å². The van der Waals surface area contributed by atoms with Crippen molar-refractivity contribution in [3.8, 4) is 0 Å². The summed E-state index contributed by atoms with van der Waals surface area (Å²) in [5, 5.41) is 2.90. The fourth-order valence-corrected chi connectivity index (χ4v) is 2.73. The van der Waals surface area contributed by atoms with Crippen molar-refractivity contribution in [2.75, 3.05) is 26.2 Å². The van der Waals surface area contributed by atoms with Gasteiger partial charge in [0.2, 0.25) is 5.91 Å². The highest BCUT2D eigenvalue weighted by molar-refractivity contribution is 5.79. The van der Waals surface area contributed by atoms with Gasteiger partial charge in [0.15, 0.2) is 0 Å². The molecule has 0 bridgehead atoms. The van der Waals surface area contributed by atoms with Gasteiger partial charge in [-0.2, -0.15) is 0 Å². The summed E-state index contributed by atoms with van der Waals surface area (Å²) in [5.74, 6) is 1.13. The molecule has 2 aliphatic rings. The van der Waals surface area contributed by atoms with E-state index in [1.807, 2.05) is 12.1 Å². The maximum absolute atomic E-state index is 11.8. The molecule has 2 atom stereocenters. The molecule has 5 heteroatoms. The van der Waals surface area contributed by atoms with Crippen LogP contribution in [0.1, 0.15) is 12.2 Å². The topological polar surface area (TPSA) is 54.7 Å². The number of hydrogen-bond acceptors (Lipinski definition) is 4. The van der Waals surface area contributed by atoms with Crippen molar-refractivity contribution in [2.45, 2.75) is 19.1 Å². The van der Waals surface area contributed by atoms with Crippen LogP contribution in [0.4, 0.5) is 0 Å². The van der Waals surface area contributed by atoms with E-state index in [0.29, 0.717) is 13.2 Å². The minimum Gasteiger partial charge on any atom is -0.468 e. The average Bonchev–Trinajstić information content (AvgIpc) is 2.80. The van der Waals surface area contributed by atoms with Gasteiger partial charge in [-0.25, -0.2) is 0 Å². The van der Waals surface area contributed by atoms with Gasteiger partial charge < -0.3 is 14.5 Å². The van der Waals surface area contributed by atoms with Gasteiger partial charge in [-0.1, -0.05) is 0 Å². The Labute approximate surface area is 106 Å². The highest BCUT2D eigenvalue weighted by Gasteiger charge is 2.36. The lowest BCUT2D eigenvalue weighted by Crippen LogP contribution is -2.48. The number of nitrogens with one attached hydrogen (secondary N) is 1. The zero-order valence-electron chi connectivity index (χ0n) is 10.3. The Bertz CT molecular complexity index is 404. The molecular formula is C13H18N2O3. The van der Waals surface area contributed by atoms with Gasteiger partial charge >= 0.3 is 0 Å². The summed E-state index contributed by atoms with van der Waals surface area (Å²) in [6.07, 6.45) is 2.57. The number of hydrogen-bond donors (Lipinski definition) is 1. The second-order valence-electron chi connectivity index (χ2n) is 4.91. The number of nitrogens with zero attached hydrogens (tertiary/aromatic N) is 1. The first-order valence-electron chi connectivity index (χ1n) is 6.47. The average molecular weight is 250 g/mol. The molecule has 0 radical (unpaired) electrons. The van der Waals surface area contributed by atoms with Crippen LogP contribution in [0.15, 0.2) is 22.8 Å². The predicted octanol–water partition coefficient (Wildman–Crippen LogP) is 0.616. The molecule has 3 rings (SSSR count). The summed E-state index contributed by atoms with van der Waals surface area (Å²) in [5.41, 5.74) is 0. The SMILES string of the molecule is O=C1NCCO[C@@H]2CN(Cc3ccco3)CC[C@H]12. The number of likely N-dealkylation sites (tertiary alicyclic amines) is 1. The molecule has 3 heterocycles. The van der Waals surface area contributed by atoms with Crippen molar-refractivity contribution in [3.63, 3.8) is 0 Å². The van der Waals surface area contributed by atoms with E-state index in [9.17, 15) is 4.79 Å². The van der Waals surface area contributed by atoms with Crippen molar-refractivity contribution in [3.05, 3.63) is 24.2 Å². The molecule has 1 amide bonds. The third-order valence-electron chi connectivity index (χ3n) is 3.67. The Kier molecular flexibility index (Phi) is 3.34. The smallest absolute Gasteiger partial charge is 0.225 e. The molecule has 2 aliphatic heterocycles. The summed E-state index contributed by atoms with van der Waals surface area (Å²) in [6.45, 7) is 3.75. The van der Waals surface area contributed by atoms with E-state index in [2.05, 4.69) is 10.2 Å². The third-order valence-corrected chi connectivity index (χ3v) is 3.67. The molecule has 0 aromatic carbocycles. The number of furan rings is 1. The normalized spacial score (nSPS) is 29.4. The van der Waals surface area contributed by atoms with Crippen molar-refractivity contribution in [1.82, 2.24) is 10.2 Å². The number of ether oxygens (including phenoxy) is 1. The van der Waals surface area contributed by atoms with E-state index in [1.54, 1.807) is 6.26 Å². The first kappa shape index (κ1) is 11.7. The maximum Gasteiger partial charge on any atom is 0.225 e. The molecule has 5 nitrogen and oxygen atoms in total. The third kappa shape index (κ3) is 2.42. The van der Waals surface area contributed by atoms with Crippen molar-refractivity contribution in [1.29, 1.82) is 0 Å². The quantitative estimate of drug-likeness (QED) is 0.836. The number of carbonyl (C=O) groups excluding carboxylic acids is 1. The van der Waals surface area contributed by atoms with E-state index < -0.39 is 0 Å². The van der Waals surface area contributed by atoms with Gasteiger partial charge in [-0.15, -0.1) is 0 Å². The fourth-order valence-electron chi connectivity index (χ4n) is 2.73. The molecule has 2 fully saturated rings. The lowest BCUT2D eigenvalue weighted by molar-refractivity contribution is -0.130. The summed E-state index contributed by atoms with van der Waals surface area (Å²) in [4.78, 5) is 14.1. The number of amides is 1. The number of piperidine rings is 1. The van der Waals surface area contributed by atoms with Crippen LogP contribution in [-0.4, -0.2) is 43.2 Å². The minimum absolute atomic E-state index is 0.0142. The molecule has 1 aromatic heterocycles. The Hall–Kier alpha value is -1.33. The zero-order valence-corrected chi connectivity index (χ0v) is 10.3. The van der Waals surface area contributed by atoms with Crippen LogP contribution in [0.25, 0.3) is 0 Å². The van der Waals surface area contributed by atoms with Crippen LogP contribution in [0.2, 0.25) is 0 Å². The van der Waals surface area contributed by atoms with E-state index >= 15 is 0 Å². The molecule has 0 saturated carbocycles. The molecule has 1 aromatic rings. The van der Waals surface area contributed by atoms with Crippen LogP contribution in [0, 0.1) is 5.92 Å². The Morgan fingerprint density at radius 1 is 1.50 bits per heavy atom. The van der Waals surface area contributed by atoms with Gasteiger partial charge in [-0.3, -0.25) is 9.69 Å². The standard InChI is InChI=1S/C13H18N2O3/c16-13-11-3-5-15(8-10-2-1-6-17-10)9-12(11)18-7-4-14-13/h1-2,6,11-12H,3-5,7-9H2,(H,14,16)/t11-,12+/m0/s1. The Morgan fingerprint density at radius 3 is 3.28 bits per heavy atom. The van der Waals surface area contributed by atoms with Crippen LogP contribution in [0.3, 0.4) is 0 Å². The molecule has 0 spiro atoms. The Balaban J connectivity index is 1.63. The Morgan fingerprint density at radius 2 is 2.44 bits per heavy atom. The number of carbonyl (C=O) groups is 1. The van der Waals surface area contributed by atoms with Crippen LogP contribution in [-0.2, 0) is 16.1 Å². The summed E-state index contributed by atoms with van der Waals surface area (Å²) >= 11 is 0. The first-order chi connectivity index (χ1) is 8.83. The lowest BCUT2D eigenvalue weighted by Gasteiger charge is -2.35. The van der Waals surface area contributed by atoms with Gasteiger partial charge in [-0.05, 0) is 25.1 Å². The second kappa shape index (κ2) is 5.12. The first-order valence-corrected chi connectivity index (χ1v) is 6.47. The summed E-state index contributed by atoms with van der Waals surface area (Å²) < 4.78 is 11.1. The molecule has 0 aliphatic carbocycles. The highest BCUT2D eigenvalue weighted by atomic mass is 16.5. The van der Waals surface area contributed by atoms with E-state index in [1.165, 1.54) is 0 Å². The molecule has 98 valence electrons. The number of rotatable bonds is 2. The van der Waals surface area contributed by atoms with E-state index in [0.717, 1.165) is 31.8 Å². The predicted molar refractivity (Wildman–Crippen MR) is 64.8 cm³/mol. The zero-order chi connectivity index (χ0) is 12.4. The van der Waals surface area contributed by atoms with Gasteiger partial charge in [0.05, 0.1) is 31.4 Å². The van der Waals surface area contributed by atoms with Gasteiger partial charge in [0.1, 0.15) is 5.76 Å². The highest BCUT2D eigenvalue weighted by Crippen LogP contribution is 2.23. The largest absolute Gasteiger partial charge is 0.468 e. The van der Waals surface area contributed by atoms with Crippen LogP contribution < -0.4 is 5.32 Å². The molecular weight excluding hydrogens is 232 g/mol. The molecule has 18 heavy (non-hydrogen) atoms. The van der Waals surface area contributed by atoms with Crippen LogP contribution >= 0.6 is 0 Å². The monoisotopic (exact) mass is 250 g/mol. The van der Waals surface area contributed by atoms with Gasteiger partial charge in [0.25, 0.3) is 0 Å². The fraction of sp³-hybridized carbons (Fsp3) is 0.615. The molecule has 2 saturated heterocycles. The maximum atomic E-state index is 11.8. The molecule has 0 unspecified atom stereocenters. The molecule has 1 N–H and O–H groups in total. The van der Waals surface area contributed by atoms with Crippen molar-refractivity contribution >= 4 is 5.91 Å². The number of fused-ring (bicyclic) bond motifs is 1. The van der Waals surface area contributed by atoms with E-state index in [-0.39, 0.29) is 17.9 Å². The van der Waals surface area contributed by atoms with Crippen LogP contribution in [0.5, 0.6) is 0 Å². The summed E-state index contributed by atoms with van der Waals surface area (Å²) in [7, 11) is 0. The van der Waals surface area contributed by atoms with E-state index in [4.69, 9.17) is 9.15 Å². The second-order valence-corrected chi connectivity index (χ2v) is 4.91.